The Hall–Kier alpha value is 1.40. The van der Waals surface area contributed by atoms with Crippen LogP contribution in [0.25, 0.3) is 0 Å². The fraction of sp³-hybridized carbons (Fsp3) is 1.00. The van der Waals surface area contributed by atoms with Gasteiger partial charge in [0.2, 0.25) is 0 Å². The van der Waals surface area contributed by atoms with Crippen molar-refractivity contribution in [3.8, 4) is 0 Å². The quantitative estimate of drug-likeness (QED) is 0.193. The minimum absolute atomic E-state index is 0.672. The molecule has 0 aromatic rings. The van der Waals surface area contributed by atoms with Gasteiger partial charge in [0.15, 0.2) is 0 Å². The molecule has 0 atom stereocenters. The fourth-order valence-electron chi connectivity index (χ4n) is 1.69. The van der Waals surface area contributed by atoms with E-state index < -0.39 is 42.0 Å². The summed E-state index contributed by atoms with van der Waals surface area (Å²) in [4.78, 5) is 0. The van der Waals surface area contributed by atoms with Gasteiger partial charge in [0.25, 0.3) is 0 Å². The second-order valence-electron chi connectivity index (χ2n) is 5.63. The first kappa shape index (κ1) is 24.4. The van der Waals surface area contributed by atoms with E-state index in [0.29, 0.717) is 19.8 Å². The maximum atomic E-state index is 6.15. The van der Waals surface area contributed by atoms with E-state index >= 15 is 0 Å². The molecule has 23 heavy (non-hydrogen) atoms. The molecule has 0 bridgehead atoms. The van der Waals surface area contributed by atoms with Gasteiger partial charge in [-0.15, -0.1) is 0 Å². The van der Waals surface area contributed by atoms with Gasteiger partial charge in [-0.05, 0) is 0 Å². The summed E-state index contributed by atoms with van der Waals surface area (Å²) >= 11 is -5.62. The molecule has 0 N–H and O–H groups in total. The fourth-order valence-corrected chi connectivity index (χ4v) is 17.2. The van der Waals surface area contributed by atoms with Crippen molar-refractivity contribution in [3.05, 3.63) is 0 Å². The Bertz CT molecular complexity index is 218. The molecule has 0 amide bonds. The van der Waals surface area contributed by atoms with Crippen LogP contribution in [0.4, 0.5) is 0 Å². The molecule has 0 unspecified atom stereocenters. The molecule has 0 rings (SSSR count). The Morgan fingerprint density at radius 1 is 0.609 bits per heavy atom. The molecular weight excluding hydrogens is 510 g/mol. The van der Waals surface area contributed by atoms with Gasteiger partial charge in [-0.3, -0.25) is 0 Å². The Morgan fingerprint density at radius 3 is 1.39 bits per heavy atom. The molecule has 140 valence electrons. The van der Waals surface area contributed by atoms with Gasteiger partial charge < -0.3 is 0 Å². The van der Waals surface area contributed by atoms with Gasteiger partial charge in [0.1, 0.15) is 0 Å². The van der Waals surface area contributed by atoms with Crippen molar-refractivity contribution in [3.63, 3.8) is 0 Å². The Balaban J connectivity index is 4.52. The van der Waals surface area contributed by atoms with Gasteiger partial charge in [-0.1, -0.05) is 0 Å². The molecule has 0 heterocycles. The van der Waals surface area contributed by atoms with Crippen LogP contribution in [0.3, 0.4) is 0 Å². The first-order valence-corrected chi connectivity index (χ1v) is 17.3. The van der Waals surface area contributed by atoms with Crippen LogP contribution in [0.1, 0.15) is 79.1 Å². The Labute approximate surface area is 160 Å². The topological polar surface area (TPSA) is 46.2 Å². The molecule has 0 fully saturated rings. The predicted molar refractivity (Wildman–Crippen MR) is 98.8 cm³/mol. The van der Waals surface area contributed by atoms with E-state index in [0.717, 1.165) is 58.0 Å². The summed E-state index contributed by atoms with van der Waals surface area (Å²) in [6.45, 7) is 11.5. The van der Waals surface area contributed by atoms with E-state index in [4.69, 9.17) is 13.7 Å². The SMILES string of the molecule is CCCC[O][SnH2][O][Sn]([O]CCCC)([O]CCCC)[O]CCCC. The van der Waals surface area contributed by atoms with Crippen molar-refractivity contribution in [2.45, 2.75) is 79.1 Å². The van der Waals surface area contributed by atoms with Crippen LogP contribution in [-0.4, -0.2) is 68.4 Å². The van der Waals surface area contributed by atoms with Crippen molar-refractivity contribution in [2.24, 2.45) is 0 Å². The molecule has 0 radical (unpaired) electrons. The normalized spacial score (nSPS) is 12.5. The summed E-state index contributed by atoms with van der Waals surface area (Å²) in [5, 5.41) is 0. The summed E-state index contributed by atoms with van der Waals surface area (Å²) in [7, 11) is 0. The van der Waals surface area contributed by atoms with Crippen LogP contribution in [-0.2, 0) is 13.7 Å². The number of rotatable bonds is 18. The van der Waals surface area contributed by atoms with Crippen molar-refractivity contribution in [2.75, 3.05) is 26.4 Å². The Kier molecular flexibility index (Phi) is 19.3. The monoisotopic (exact) mass is 550 g/mol. The van der Waals surface area contributed by atoms with Gasteiger partial charge in [-0.25, -0.2) is 0 Å². The summed E-state index contributed by atoms with van der Waals surface area (Å²) in [5.74, 6) is 0. The first-order chi connectivity index (χ1) is 11.2. The average molecular weight is 548 g/mol. The molecule has 0 saturated heterocycles. The number of unbranched alkanes of at least 4 members (excludes halogenated alkanes) is 4. The first-order valence-electron chi connectivity index (χ1n) is 9.38. The zero-order valence-corrected chi connectivity index (χ0v) is 22.6. The molecule has 0 spiro atoms. The summed E-state index contributed by atoms with van der Waals surface area (Å²) in [6.07, 6.45) is 8.58. The van der Waals surface area contributed by atoms with E-state index in [1.165, 1.54) is 0 Å². The third-order valence-corrected chi connectivity index (χ3v) is 19.7. The minimum atomic E-state index is -3.85. The van der Waals surface area contributed by atoms with Crippen LogP contribution >= 0.6 is 0 Å². The van der Waals surface area contributed by atoms with Crippen LogP contribution in [0.15, 0.2) is 0 Å². The molecular formula is C16H38O5Sn2. The van der Waals surface area contributed by atoms with Gasteiger partial charge >= 0.3 is 161 Å². The summed E-state index contributed by atoms with van der Waals surface area (Å²) in [5.41, 5.74) is 0. The van der Waals surface area contributed by atoms with E-state index in [2.05, 4.69) is 27.7 Å². The van der Waals surface area contributed by atoms with Crippen LogP contribution < -0.4 is 0 Å². The van der Waals surface area contributed by atoms with E-state index in [-0.39, 0.29) is 0 Å². The van der Waals surface area contributed by atoms with Crippen LogP contribution in [0.2, 0.25) is 0 Å². The van der Waals surface area contributed by atoms with E-state index in [1.54, 1.807) is 0 Å². The van der Waals surface area contributed by atoms with E-state index in [9.17, 15) is 0 Å². The maximum absolute atomic E-state index is 6.15. The Morgan fingerprint density at radius 2 is 1.00 bits per heavy atom. The molecule has 0 aromatic heterocycles. The second-order valence-corrected chi connectivity index (χ2v) is 19.1. The van der Waals surface area contributed by atoms with Crippen molar-refractivity contribution in [1.82, 2.24) is 0 Å². The van der Waals surface area contributed by atoms with Crippen LogP contribution in [0.5, 0.6) is 0 Å². The third-order valence-electron chi connectivity index (χ3n) is 3.29. The second kappa shape index (κ2) is 18.2. The molecule has 0 aliphatic heterocycles. The number of hydrogen-bond donors (Lipinski definition) is 0. The summed E-state index contributed by atoms with van der Waals surface area (Å²) < 4.78 is 30.2. The molecule has 0 aliphatic carbocycles. The number of hydrogen-bond acceptors (Lipinski definition) is 5. The van der Waals surface area contributed by atoms with Gasteiger partial charge in [-0.2, -0.15) is 0 Å². The summed E-state index contributed by atoms with van der Waals surface area (Å²) in [6, 6.07) is 0. The molecule has 7 heteroatoms. The molecule has 0 aromatic carbocycles. The zero-order valence-electron chi connectivity index (χ0n) is 15.7. The van der Waals surface area contributed by atoms with Gasteiger partial charge in [0, 0.05) is 0 Å². The molecule has 0 aliphatic rings. The predicted octanol–water partition coefficient (Wildman–Crippen LogP) is 3.70. The average Bonchev–Trinajstić information content (AvgIpc) is 2.55. The molecule has 0 saturated carbocycles. The molecule has 5 nitrogen and oxygen atoms in total. The standard InChI is InChI=1S/4C4H9O.O.2Sn.2H/c4*1-2-3-4-5;;;;;/h4*2-4H2,1H3;;;;;/q4*-1;;+1;+3;;. The van der Waals surface area contributed by atoms with E-state index in [1.807, 2.05) is 0 Å². The van der Waals surface area contributed by atoms with Crippen LogP contribution in [0, 0.1) is 0 Å². The van der Waals surface area contributed by atoms with Crippen molar-refractivity contribution in [1.29, 1.82) is 0 Å². The zero-order chi connectivity index (χ0) is 17.2. The third kappa shape index (κ3) is 14.3. The van der Waals surface area contributed by atoms with Gasteiger partial charge in [0.05, 0.1) is 0 Å². The van der Waals surface area contributed by atoms with Crippen molar-refractivity contribution < 1.29 is 13.7 Å². The van der Waals surface area contributed by atoms with Crippen molar-refractivity contribution >= 4 is 42.0 Å².